The fraction of sp³-hybridized carbons (Fsp3) is 1.00. The van der Waals surface area contributed by atoms with Gasteiger partial charge in [0.15, 0.2) is 0 Å². The van der Waals surface area contributed by atoms with Gasteiger partial charge in [-0.2, -0.15) is 0 Å². The zero-order chi connectivity index (χ0) is 10.6. The smallest absolute Gasteiger partial charge is 0.0673 e. The van der Waals surface area contributed by atoms with Crippen molar-refractivity contribution in [2.24, 2.45) is 11.7 Å². The van der Waals surface area contributed by atoms with Crippen molar-refractivity contribution in [2.75, 3.05) is 26.2 Å². The Kier molecular flexibility index (Phi) is 4.85. The number of hydrogen-bond acceptors (Lipinski definition) is 3. The van der Waals surface area contributed by atoms with Crippen LogP contribution in [0, 0.1) is 5.92 Å². The van der Waals surface area contributed by atoms with Crippen molar-refractivity contribution in [1.82, 2.24) is 4.90 Å². The molecule has 2 N–H and O–H groups in total. The standard InChI is InChI=1S/C11H24N2O/c1-9(2)11(12)8-13-5-4-6-14-10(3)7-13/h9-11H,4-8,12H2,1-3H3/t10?,11-/m1/s1. The second-order valence-electron chi connectivity index (χ2n) is 4.70. The summed E-state index contributed by atoms with van der Waals surface area (Å²) >= 11 is 0. The summed E-state index contributed by atoms with van der Waals surface area (Å²) in [5.74, 6) is 0.564. The molecule has 2 atom stereocenters. The molecule has 1 fully saturated rings. The Morgan fingerprint density at radius 2 is 2.21 bits per heavy atom. The first-order valence-electron chi connectivity index (χ1n) is 5.69. The molecule has 0 spiro atoms. The molecule has 0 aromatic rings. The molecule has 0 radical (unpaired) electrons. The van der Waals surface area contributed by atoms with Crippen molar-refractivity contribution in [3.63, 3.8) is 0 Å². The molecule has 1 heterocycles. The second-order valence-corrected chi connectivity index (χ2v) is 4.70. The van der Waals surface area contributed by atoms with Gasteiger partial charge in [-0.3, -0.25) is 4.90 Å². The van der Waals surface area contributed by atoms with Crippen LogP contribution in [0.1, 0.15) is 27.2 Å². The molecule has 0 saturated carbocycles. The topological polar surface area (TPSA) is 38.5 Å². The maximum absolute atomic E-state index is 6.06. The van der Waals surface area contributed by atoms with E-state index in [-0.39, 0.29) is 0 Å². The Bertz CT molecular complexity index is 161. The van der Waals surface area contributed by atoms with Gasteiger partial charge in [-0.15, -0.1) is 0 Å². The lowest BCUT2D eigenvalue weighted by Gasteiger charge is -2.26. The third-order valence-corrected chi connectivity index (χ3v) is 2.86. The summed E-state index contributed by atoms with van der Waals surface area (Å²) in [6, 6.07) is 0.292. The van der Waals surface area contributed by atoms with E-state index in [1.165, 1.54) is 0 Å². The van der Waals surface area contributed by atoms with Gasteiger partial charge in [0.2, 0.25) is 0 Å². The molecule has 1 aliphatic heterocycles. The van der Waals surface area contributed by atoms with E-state index in [1.807, 2.05) is 0 Å². The molecule has 3 nitrogen and oxygen atoms in total. The van der Waals surface area contributed by atoms with Gasteiger partial charge in [-0.25, -0.2) is 0 Å². The third kappa shape index (κ3) is 3.95. The highest BCUT2D eigenvalue weighted by Gasteiger charge is 2.18. The summed E-state index contributed by atoms with van der Waals surface area (Å²) in [6.45, 7) is 10.6. The number of nitrogens with two attached hydrogens (primary N) is 1. The lowest BCUT2D eigenvalue weighted by atomic mass is 10.0. The van der Waals surface area contributed by atoms with E-state index in [0.29, 0.717) is 18.1 Å². The van der Waals surface area contributed by atoms with Gasteiger partial charge >= 0.3 is 0 Å². The molecule has 1 rings (SSSR count). The molecule has 1 unspecified atom stereocenters. The van der Waals surface area contributed by atoms with Gasteiger partial charge in [-0.05, 0) is 19.3 Å². The minimum atomic E-state index is 0.292. The fourth-order valence-corrected chi connectivity index (χ4v) is 1.76. The Morgan fingerprint density at radius 3 is 2.86 bits per heavy atom. The Hall–Kier alpha value is -0.120. The molecule has 0 aromatic heterocycles. The molecule has 3 heteroatoms. The van der Waals surface area contributed by atoms with Gasteiger partial charge in [0.1, 0.15) is 0 Å². The van der Waals surface area contributed by atoms with Crippen molar-refractivity contribution in [3.8, 4) is 0 Å². The van der Waals surface area contributed by atoms with Gasteiger partial charge in [-0.1, -0.05) is 13.8 Å². The van der Waals surface area contributed by atoms with Crippen molar-refractivity contribution in [1.29, 1.82) is 0 Å². The summed E-state index contributed by atoms with van der Waals surface area (Å²) < 4.78 is 5.59. The van der Waals surface area contributed by atoms with Crippen LogP contribution in [0.3, 0.4) is 0 Å². The largest absolute Gasteiger partial charge is 0.377 e. The summed E-state index contributed by atoms with van der Waals surface area (Å²) in [5, 5.41) is 0. The van der Waals surface area contributed by atoms with E-state index in [2.05, 4.69) is 25.7 Å². The normalized spacial score (nSPS) is 27.6. The molecule has 1 aliphatic rings. The maximum Gasteiger partial charge on any atom is 0.0673 e. The van der Waals surface area contributed by atoms with Crippen LogP contribution in [-0.4, -0.2) is 43.3 Å². The Balaban J connectivity index is 2.34. The van der Waals surface area contributed by atoms with Gasteiger partial charge in [0, 0.05) is 32.3 Å². The predicted molar refractivity (Wildman–Crippen MR) is 59.3 cm³/mol. The maximum atomic E-state index is 6.06. The summed E-state index contributed by atoms with van der Waals surface area (Å²) in [5.41, 5.74) is 6.06. The lowest BCUT2D eigenvalue weighted by molar-refractivity contribution is 0.0663. The fourth-order valence-electron chi connectivity index (χ4n) is 1.76. The highest BCUT2D eigenvalue weighted by Crippen LogP contribution is 2.08. The highest BCUT2D eigenvalue weighted by molar-refractivity contribution is 4.74. The van der Waals surface area contributed by atoms with Gasteiger partial charge < -0.3 is 10.5 Å². The highest BCUT2D eigenvalue weighted by atomic mass is 16.5. The molecule has 0 amide bonds. The molecule has 1 saturated heterocycles. The number of nitrogens with zero attached hydrogens (tertiary/aromatic N) is 1. The van der Waals surface area contributed by atoms with Crippen LogP contribution in [0.2, 0.25) is 0 Å². The van der Waals surface area contributed by atoms with Crippen LogP contribution < -0.4 is 5.73 Å². The van der Waals surface area contributed by atoms with E-state index in [9.17, 15) is 0 Å². The zero-order valence-corrected chi connectivity index (χ0v) is 9.70. The van der Waals surface area contributed by atoms with E-state index in [1.54, 1.807) is 0 Å². The minimum Gasteiger partial charge on any atom is -0.377 e. The number of rotatable bonds is 3. The summed E-state index contributed by atoms with van der Waals surface area (Å²) in [6.07, 6.45) is 1.49. The monoisotopic (exact) mass is 200 g/mol. The molecule has 0 aromatic carbocycles. The average molecular weight is 200 g/mol. The first-order valence-corrected chi connectivity index (χ1v) is 5.69. The molecular formula is C11H24N2O. The van der Waals surface area contributed by atoms with Crippen molar-refractivity contribution in [3.05, 3.63) is 0 Å². The SMILES string of the molecule is CC1CN(C[C@@H](N)C(C)C)CCCO1. The third-order valence-electron chi connectivity index (χ3n) is 2.86. The number of ether oxygens (including phenoxy) is 1. The van der Waals surface area contributed by atoms with E-state index in [0.717, 1.165) is 32.7 Å². The first kappa shape index (κ1) is 12.0. The lowest BCUT2D eigenvalue weighted by Crippen LogP contribution is -2.42. The number of hydrogen-bond donors (Lipinski definition) is 1. The van der Waals surface area contributed by atoms with Gasteiger partial charge in [0.05, 0.1) is 6.10 Å². The van der Waals surface area contributed by atoms with E-state index in [4.69, 9.17) is 10.5 Å². The molecule has 0 aliphatic carbocycles. The van der Waals surface area contributed by atoms with Crippen molar-refractivity contribution >= 4 is 0 Å². The Morgan fingerprint density at radius 1 is 1.50 bits per heavy atom. The summed E-state index contributed by atoms with van der Waals surface area (Å²) in [7, 11) is 0. The van der Waals surface area contributed by atoms with E-state index < -0.39 is 0 Å². The molecular weight excluding hydrogens is 176 g/mol. The minimum absolute atomic E-state index is 0.292. The predicted octanol–water partition coefficient (Wildman–Crippen LogP) is 1.08. The van der Waals surface area contributed by atoms with Crippen LogP contribution in [0.5, 0.6) is 0 Å². The van der Waals surface area contributed by atoms with Crippen LogP contribution in [0.25, 0.3) is 0 Å². The van der Waals surface area contributed by atoms with Crippen LogP contribution in [-0.2, 0) is 4.74 Å². The summed E-state index contributed by atoms with van der Waals surface area (Å²) in [4.78, 5) is 2.43. The quantitative estimate of drug-likeness (QED) is 0.741. The van der Waals surface area contributed by atoms with Crippen molar-refractivity contribution < 1.29 is 4.74 Å². The molecule has 84 valence electrons. The van der Waals surface area contributed by atoms with E-state index >= 15 is 0 Å². The Labute approximate surface area is 87.6 Å². The molecule has 14 heavy (non-hydrogen) atoms. The second kappa shape index (κ2) is 5.69. The van der Waals surface area contributed by atoms with Crippen LogP contribution in [0.4, 0.5) is 0 Å². The van der Waals surface area contributed by atoms with Crippen LogP contribution in [0.15, 0.2) is 0 Å². The van der Waals surface area contributed by atoms with Crippen molar-refractivity contribution in [2.45, 2.75) is 39.3 Å². The van der Waals surface area contributed by atoms with Crippen LogP contribution >= 0.6 is 0 Å². The average Bonchev–Trinajstić information content (AvgIpc) is 2.29. The molecule has 0 bridgehead atoms. The zero-order valence-electron chi connectivity index (χ0n) is 9.70. The first-order chi connectivity index (χ1) is 6.59. The van der Waals surface area contributed by atoms with Gasteiger partial charge in [0.25, 0.3) is 0 Å².